The molecule has 1 saturated heterocycles. The molecule has 3 rings (SSSR count). The zero-order valence-electron chi connectivity index (χ0n) is 16.4. The number of aryl methyl sites for hydroxylation is 2. The Balaban J connectivity index is 1.54. The molecule has 7 nitrogen and oxygen atoms in total. The highest BCUT2D eigenvalue weighted by Gasteiger charge is 2.34. The first-order chi connectivity index (χ1) is 12.8. The van der Waals surface area contributed by atoms with Crippen LogP contribution in [0.25, 0.3) is 0 Å². The minimum absolute atomic E-state index is 0.00445. The first-order valence-corrected chi connectivity index (χ1v) is 9.41. The van der Waals surface area contributed by atoms with Crippen LogP contribution in [-0.2, 0) is 16.1 Å². The minimum atomic E-state index is -0.319. The average molecular weight is 369 g/mol. The van der Waals surface area contributed by atoms with Gasteiger partial charge in [-0.05, 0) is 37.5 Å². The fourth-order valence-corrected chi connectivity index (χ4v) is 3.37. The van der Waals surface area contributed by atoms with Gasteiger partial charge >= 0.3 is 0 Å². The van der Waals surface area contributed by atoms with Crippen LogP contribution in [0.4, 0.5) is 5.69 Å². The molecule has 27 heavy (non-hydrogen) atoms. The molecule has 0 radical (unpaired) electrons. The molecular weight excluding hydrogens is 342 g/mol. The van der Waals surface area contributed by atoms with Gasteiger partial charge in [0.05, 0.1) is 12.5 Å². The van der Waals surface area contributed by atoms with Gasteiger partial charge in [0.25, 0.3) is 0 Å². The van der Waals surface area contributed by atoms with Gasteiger partial charge in [-0.2, -0.15) is 5.10 Å². The first kappa shape index (κ1) is 19.1. The lowest BCUT2D eigenvalue weighted by atomic mass is 10.0. The molecule has 0 bridgehead atoms. The third-order valence-electron chi connectivity index (χ3n) is 4.95. The molecule has 1 unspecified atom stereocenters. The number of nitrogens with one attached hydrogen (secondary N) is 1. The summed E-state index contributed by atoms with van der Waals surface area (Å²) in [6.45, 7) is 9.47. The SMILES string of the molecule is Cc1nc(C)n(CCNC(=O)C2CC(=O)N(c3ccc(C(C)C)cc3)C2)n1. The Bertz CT molecular complexity index is 825. The molecule has 1 aliphatic rings. The van der Waals surface area contributed by atoms with Crippen LogP contribution in [0.1, 0.15) is 43.4 Å². The fourth-order valence-electron chi connectivity index (χ4n) is 3.37. The van der Waals surface area contributed by atoms with E-state index < -0.39 is 0 Å². The van der Waals surface area contributed by atoms with Gasteiger partial charge in [0.2, 0.25) is 11.8 Å². The average Bonchev–Trinajstić information content (AvgIpc) is 3.17. The van der Waals surface area contributed by atoms with E-state index in [2.05, 4.69) is 29.2 Å². The predicted octanol–water partition coefficient (Wildman–Crippen LogP) is 2.19. The molecule has 7 heteroatoms. The van der Waals surface area contributed by atoms with Crippen LogP contribution in [0, 0.1) is 19.8 Å². The summed E-state index contributed by atoms with van der Waals surface area (Å²) in [5.74, 6) is 1.59. The van der Waals surface area contributed by atoms with E-state index in [0.717, 1.165) is 17.3 Å². The number of nitrogens with zero attached hydrogens (tertiary/aromatic N) is 4. The maximum Gasteiger partial charge on any atom is 0.227 e. The number of carbonyl (C=O) groups excluding carboxylic acids is 2. The van der Waals surface area contributed by atoms with Crippen LogP contribution in [0.5, 0.6) is 0 Å². The number of hydrogen-bond donors (Lipinski definition) is 1. The third-order valence-corrected chi connectivity index (χ3v) is 4.95. The maximum absolute atomic E-state index is 12.5. The second-order valence-corrected chi connectivity index (χ2v) is 7.37. The molecule has 1 fully saturated rings. The van der Waals surface area contributed by atoms with Crippen molar-refractivity contribution in [2.75, 3.05) is 18.0 Å². The van der Waals surface area contributed by atoms with Crippen LogP contribution in [0.2, 0.25) is 0 Å². The Labute approximate surface area is 159 Å². The van der Waals surface area contributed by atoms with Gasteiger partial charge in [0.1, 0.15) is 11.6 Å². The van der Waals surface area contributed by atoms with E-state index in [1.807, 2.05) is 38.1 Å². The number of aromatic nitrogens is 3. The molecule has 2 aromatic rings. The standard InChI is InChI=1S/C20H27N5O2/c1-13(2)16-5-7-18(8-6-16)24-12-17(11-19(24)26)20(27)21-9-10-25-15(4)22-14(3)23-25/h5-8,13,17H,9-12H2,1-4H3,(H,21,27). The molecule has 1 N–H and O–H groups in total. The van der Waals surface area contributed by atoms with E-state index in [1.165, 1.54) is 5.56 Å². The summed E-state index contributed by atoms with van der Waals surface area (Å²) < 4.78 is 1.78. The lowest BCUT2D eigenvalue weighted by Gasteiger charge is -2.18. The van der Waals surface area contributed by atoms with Crippen molar-refractivity contribution in [2.45, 2.75) is 46.6 Å². The maximum atomic E-state index is 12.5. The van der Waals surface area contributed by atoms with E-state index in [-0.39, 0.29) is 24.2 Å². The highest BCUT2D eigenvalue weighted by atomic mass is 16.2. The minimum Gasteiger partial charge on any atom is -0.354 e. The molecular formula is C20H27N5O2. The van der Waals surface area contributed by atoms with Crippen molar-refractivity contribution in [3.8, 4) is 0 Å². The van der Waals surface area contributed by atoms with Crippen molar-refractivity contribution in [3.63, 3.8) is 0 Å². The quantitative estimate of drug-likeness (QED) is 0.846. The van der Waals surface area contributed by atoms with Crippen molar-refractivity contribution in [1.82, 2.24) is 20.1 Å². The summed E-state index contributed by atoms with van der Waals surface area (Å²) in [6.07, 6.45) is 0.249. The summed E-state index contributed by atoms with van der Waals surface area (Å²) in [4.78, 5) is 30.8. The van der Waals surface area contributed by atoms with Gasteiger partial charge in [-0.1, -0.05) is 26.0 Å². The molecule has 2 amide bonds. The second-order valence-electron chi connectivity index (χ2n) is 7.37. The Morgan fingerprint density at radius 1 is 1.26 bits per heavy atom. The molecule has 144 valence electrons. The van der Waals surface area contributed by atoms with Gasteiger partial charge in [0.15, 0.2) is 0 Å². The predicted molar refractivity (Wildman–Crippen MR) is 103 cm³/mol. The third kappa shape index (κ3) is 4.35. The number of benzene rings is 1. The zero-order chi connectivity index (χ0) is 19.6. The van der Waals surface area contributed by atoms with Crippen LogP contribution >= 0.6 is 0 Å². The molecule has 1 atom stereocenters. The van der Waals surface area contributed by atoms with Crippen molar-refractivity contribution < 1.29 is 9.59 Å². The topological polar surface area (TPSA) is 80.1 Å². The smallest absolute Gasteiger partial charge is 0.227 e. The van der Waals surface area contributed by atoms with Crippen LogP contribution in [0.3, 0.4) is 0 Å². The molecule has 1 aliphatic heterocycles. The summed E-state index contributed by atoms with van der Waals surface area (Å²) in [6, 6.07) is 8.01. The Morgan fingerprint density at radius 3 is 2.56 bits per heavy atom. The van der Waals surface area contributed by atoms with Crippen molar-refractivity contribution in [1.29, 1.82) is 0 Å². The molecule has 2 heterocycles. The number of hydrogen-bond acceptors (Lipinski definition) is 4. The number of amides is 2. The van der Waals surface area contributed by atoms with Crippen LogP contribution in [-0.4, -0.2) is 39.7 Å². The molecule has 1 aromatic carbocycles. The fraction of sp³-hybridized carbons (Fsp3) is 0.500. The van der Waals surface area contributed by atoms with E-state index in [9.17, 15) is 9.59 Å². The summed E-state index contributed by atoms with van der Waals surface area (Å²) in [5.41, 5.74) is 2.09. The Hall–Kier alpha value is -2.70. The first-order valence-electron chi connectivity index (χ1n) is 9.41. The molecule has 0 saturated carbocycles. The van der Waals surface area contributed by atoms with Gasteiger partial charge in [0, 0.05) is 25.2 Å². The van der Waals surface area contributed by atoms with Crippen molar-refractivity contribution in [3.05, 3.63) is 41.5 Å². The normalized spacial score (nSPS) is 17.0. The highest BCUT2D eigenvalue weighted by molar-refractivity contribution is 6.00. The monoisotopic (exact) mass is 369 g/mol. The van der Waals surface area contributed by atoms with Gasteiger partial charge in [-0.25, -0.2) is 9.67 Å². The van der Waals surface area contributed by atoms with Gasteiger partial charge < -0.3 is 10.2 Å². The number of anilines is 1. The van der Waals surface area contributed by atoms with E-state index >= 15 is 0 Å². The molecule has 0 aliphatic carbocycles. The molecule has 1 aromatic heterocycles. The zero-order valence-corrected chi connectivity index (χ0v) is 16.4. The largest absolute Gasteiger partial charge is 0.354 e. The van der Waals surface area contributed by atoms with E-state index in [1.54, 1.807) is 9.58 Å². The van der Waals surface area contributed by atoms with Gasteiger partial charge in [-0.3, -0.25) is 9.59 Å². The van der Waals surface area contributed by atoms with Crippen LogP contribution in [0.15, 0.2) is 24.3 Å². The van der Waals surface area contributed by atoms with Gasteiger partial charge in [-0.15, -0.1) is 0 Å². The van der Waals surface area contributed by atoms with Crippen LogP contribution < -0.4 is 10.2 Å². The van der Waals surface area contributed by atoms with E-state index in [0.29, 0.717) is 25.6 Å². The summed E-state index contributed by atoms with van der Waals surface area (Å²) in [5, 5.41) is 7.20. The number of carbonyl (C=O) groups is 2. The highest BCUT2D eigenvalue weighted by Crippen LogP contribution is 2.26. The van der Waals surface area contributed by atoms with Crippen molar-refractivity contribution in [2.24, 2.45) is 5.92 Å². The number of rotatable bonds is 6. The Kier molecular flexibility index (Phi) is 5.58. The van der Waals surface area contributed by atoms with E-state index in [4.69, 9.17) is 0 Å². The summed E-state index contributed by atoms with van der Waals surface area (Å²) >= 11 is 0. The lowest BCUT2D eigenvalue weighted by Crippen LogP contribution is -2.35. The Morgan fingerprint density at radius 2 is 1.96 bits per heavy atom. The second kappa shape index (κ2) is 7.90. The molecule has 0 spiro atoms. The summed E-state index contributed by atoms with van der Waals surface area (Å²) in [7, 11) is 0. The lowest BCUT2D eigenvalue weighted by molar-refractivity contribution is -0.126. The van der Waals surface area contributed by atoms with Crippen molar-refractivity contribution >= 4 is 17.5 Å².